The summed E-state index contributed by atoms with van der Waals surface area (Å²) in [6.07, 6.45) is 3.15. The van der Waals surface area contributed by atoms with Gasteiger partial charge in [-0.1, -0.05) is 47.6 Å². The number of nitrogens with one attached hydrogen (secondary N) is 1. The molecule has 1 N–H and O–H groups in total. The SMILES string of the molecule is Cc1ccc(-c2nnc(NC(=O)C3CCC3)s2)cc1. The van der Waals surface area contributed by atoms with Crippen LogP contribution in [0.1, 0.15) is 24.8 Å². The highest BCUT2D eigenvalue weighted by Crippen LogP contribution is 2.30. The molecule has 0 bridgehead atoms. The molecular formula is C14H15N3OS. The predicted octanol–water partition coefficient (Wildman–Crippen LogP) is 3.25. The van der Waals surface area contributed by atoms with Crippen molar-refractivity contribution < 1.29 is 4.79 Å². The van der Waals surface area contributed by atoms with E-state index in [0.29, 0.717) is 5.13 Å². The van der Waals surface area contributed by atoms with Gasteiger partial charge in [-0.2, -0.15) is 0 Å². The van der Waals surface area contributed by atoms with Gasteiger partial charge < -0.3 is 5.32 Å². The number of anilines is 1. The number of nitrogens with zero attached hydrogens (tertiary/aromatic N) is 2. The Hall–Kier alpha value is -1.75. The van der Waals surface area contributed by atoms with Crippen molar-refractivity contribution in [3.63, 3.8) is 0 Å². The van der Waals surface area contributed by atoms with E-state index in [1.54, 1.807) is 0 Å². The standard InChI is InChI=1S/C14H15N3OS/c1-9-5-7-11(8-6-9)13-16-17-14(19-13)15-12(18)10-3-2-4-10/h5-8,10H,2-4H2,1H3,(H,15,17,18). The Kier molecular flexibility index (Phi) is 3.29. The monoisotopic (exact) mass is 273 g/mol. The van der Waals surface area contributed by atoms with Crippen LogP contribution >= 0.6 is 11.3 Å². The molecule has 0 saturated heterocycles. The summed E-state index contributed by atoms with van der Waals surface area (Å²) < 4.78 is 0. The van der Waals surface area contributed by atoms with E-state index in [0.717, 1.165) is 29.8 Å². The number of aryl methyl sites for hydroxylation is 1. The zero-order valence-corrected chi connectivity index (χ0v) is 11.5. The quantitative estimate of drug-likeness (QED) is 0.934. The first kappa shape index (κ1) is 12.3. The minimum Gasteiger partial charge on any atom is -0.300 e. The summed E-state index contributed by atoms with van der Waals surface area (Å²) in [5.74, 6) is 0.254. The topological polar surface area (TPSA) is 54.9 Å². The lowest BCUT2D eigenvalue weighted by molar-refractivity contribution is -0.122. The van der Waals surface area contributed by atoms with Crippen LogP contribution in [-0.2, 0) is 4.79 Å². The molecule has 0 atom stereocenters. The van der Waals surface area contributed by atoms with Crippen molar-refractivity contribution in [3.8, 4) is 10.6 Å². The summed E-state index contributed by atoms with van der Waals surface area (Å²) >= 11 is 1.42. The van der Waals surface area contributed by atoms with Gasteiger partial charge in [-0.15, -0.1) is 10.2 Å². The number of carbonyl (C=O) groups is 1. The Bertz CT molecular complexity index is 587. The second kappa shape index (κ2) is 5.09. The van der Waals surface area contributed by atoms with Gasteiger partial charge in [-0.3, -0.25) is 4.79 Å². The molecule has 2 aromatic rings. The first-order valence-corrected chi connectivity index (χ1v) is 7.25. The molecule has 5 heteroatoms. The highest BCUT2D eigenvalue weighted by Gasteiger charge is 2.25. The van der Waals surface area contributed by atoms with Crippen molar-refractivity contribution in [1.29, 1.82) is 0 Å². The third-order valence-electron chi connectivity index (χ3n) is 3.43. The third kappa shape index (κ3) is 2.66. The second-order valence-electron chi connectivity index (χ2n) is 4.90. The van der Waals surface area contributed by atoms with Crippen LogP contribution in [0.15, 0.2) is 24.3 Å². The van der Waals surface area contributed by atoms with Gasteiger partial charge in [0.1, 0.15) is 5.01 Å². The molecule has 1 aromatic heterocycles. The van der Waals surface area contributed by atoms with Crippen molar-refractivity contribution in [2.75, 3.05) is 5.32 Å². The molecule has 1 aliphatic carbocycles. The average molecular weight is 273 g/mol. The van der Waals surface area contributed by atoms with E-state index >= 15 is 0 Å². The van der Waals surface area contributed by atoms with E-state index in [4.69, 9.17) is 0 Å². The largest absolute Gasteiger partial charge is 0.300 e. The van der Waals surface area contributed by atoms with Gasteiger partial charge in [0.15, 0.2) is 0 Å². The molecule has 1 saturated carbocycles. The van der Waals surface area contributed by atoms with Gasteiger partial charge in [-0.05, 0) is 19.8 Å². The molecular weight excluding hydrogens is 258 g/mol. The molecule has 0 radical (unpaired) electrons. The maximum atomic E-state index is 11.8. The van der Waals surface area contributed by atoms with Crippen LogP contribution in [0.3, 0.4) is 0 Å². The average Bonchev–Trinajstić information content (AvgIpc) is 2.76. The highest BCUT2D eigenvalue weighted by molar-refractivity contribution is 7.18. The summed E-state index contributed by atoms with van der Waals surface area (Å²) in [7, 11) is 0. The smallest absolute Gasteiger partial charge is 0.229 e. The molecule has 0 unspecified atom stereocenters. The Balaban J connectivity index is 1.72. The van der Waals surface area contributed by atoms with Crippen molar-refractivity contribution in [2.45, 2.75) is 26.2 Å². The minimum absolute atomic E-state index is 0.0813. The Morgan fingerprint density at radius 3 is 2.63 bits per heavy atom. The Labute approximate surface area is 115 Å². The van der Waals surface area contributed by atoms with Gasteiger partial charge in [0.25, 0.3) is 0 Å². The van der Waals surface area contributed by atoms with Crippen molar-refractivity contribution in [1.82, 2.24) is 10.2 Å². The van der Waals surface area contributed by atoms with E-state index in [2.05, 4.69) is 15.5 Å². The van der Waals surface area contributed by atoms with Crippen LogP contribution in [0, 0.1) is 12.8 Å². The molecule has 4 nitrogen and oxygen atoms in total. The normalized spacial score (nSPS) is 15.0. The molecule has 19 heavy (non-hydrogen) atoms. The number of aromatic nitrogens is 2. The van der Waals surface area contributed by atoms with Crippen LogP contribution in [0.5, 0.6) is 0 Å². The summed E-state index contributed by atoms with van der Waals surface area (Å²) in [6, 6.07) is 8.13. The highest BCUT2D eigenvalue weighted by atomic mass is 32.1. The molecule has 3 rings (SSSR count). The van der Waals surface area contributed by atoms with Gasteiger partial charge in [0.2, 0.25) is 11.0 Å². The van der Waals surface area contributed by atoms with Gasteiger partial charge >= 0.3 is 0 Å². The van der Waals surface area contributed by atoms with Crippen molar-refractivity contribution >= 4 is 22.4 Å². The van der Waals surface area contributed by atoms with Gasteiger partial charge in [0, 0.05) is 11.5 Å². The van der Waals surface area contributed by atoms with Crippen LogP contribution in [0.2, 0.25) is 0 Å². The van der Waals surface area contributed by atoms with E-state index < -0.39 is 0 Å². The van der Waals surface area contributed by atoms with E-state index in [9.17, 15) is 4.79 Å². The van der Waals surface area contributed by atoms with Crippen molar-refractivity contribution in [3.05, 3.63) is 29.8 Å². The van der Waals surface area contributed by atoms with Crippen molar-refractivity contribution in [2.24, 2.45) is 5.92 Å². The molecule has 1 heterocycles. The van der Waals surface area contributed by atoms with Crippen LogP contribution in [-0.4, -0.2) is 16.1 Å². The fourth-order valence-corrected chi connectivity index (χ4v) is 2.72. The molecule has 1 amide bonds. The lowest BCUT2D eigenvalue weighted by atomic mass is 9.85. The van der Waals surface area contributed by atoms with Crippen LogP contribution in [0.4, 0.5) is 5.13 Å². The molecule has 1 aromatic carbocycles. The van der Waals surface area contributed by atoms with E-state index in [1.807, 2.05) is 31.2 Å². The Morgan fingerprint density at radius 1 is 1.26 bits per heavy atom. The van der Waals surface area contributed by atoms with Gasteiger partial charge in [0.05, 0.1) is 0 Å². The maximum absolute atomic E-state index is 11.8. The predicted molar refractivity (Wildman–Crippen MR) is 76.1 cm³/mol. The second-order valence-corrected chi connectivity index (χ2v) is 5.87. The number of hydrogen-bond acceptors (Lipinski definition) is 4. The number of carbonyl (C=O) groups excluding carboxylic acids is 1. The zero-order chi connectivity index (χ0) is 13.2. The molecule has 1 fully saturated rings. The molecule has 0 aliphatic heterocycles. The first-order chi connectivity index (χ1) is 9.22. The van der Waals surface area contributed by atoms with E-state index in [1.165, 1.54) is 16.9 Å². The lowest BCUT2D eigenvalue weighted by Gasteiger charge is -2.23. The Morgan fingerprint density at radius 2 is 2.00 bits per heavy atom. The molecule has 98 valence electrons. The molecule has 0 spiro atoms. The summed E-state index contributed by atoms with van der Waals surface area (Å²) in [5.41, 5.74) is 2.25. The first-order valence-electron chi connectivity index (χ1n) is 6.44. The number of rotatable bonds is 3. The summed E-state index contributed by atoms with van der Waals surface area (Å²) in [6.45, 7) is 2.05. The van der Waals surface area contributed by atoms with E-state index in [-0.39, 0.29) is 11.8 Å². The van der Waals surface area contributed by atoms with Crippen LogP contribution < -0.4 is 5.32 Å². The van der Waals surface area contributed by atoms with Gasteiger partial charge in [-0.25, -0.2) is 0 Å². The lowest BCUT2D eigenvalue weighted by Crippen LogP contribution is -2.27. The zero-order valence-electron chi connectivity index (χ0n) is 10.7. The number of benzene rings is 1. The minimum atomic E-state index is 0.0813. The third-order valence-corrected chi connectivity index (χ3v) is 4.32. The fraction of sp³-hybridized carbons (Fsp3) is 0.357. The summed E-state index contributed by atoms with van der Waals surface area (Å²) in [5, 5.41) is 12.4. The van der Waals surface area contributed by atoms with Crippen LogP contribution in [0.25, 0.3) is 10.6 Å². The number of amides is 1. The molecule has 1 aliphatic rings. The summed E-state index contributed by atoms with van der Waals surface area (Å²) in [4.78, 5) is 11.8. The fourth-order valence-electron chi connectivity index (χ4n) is 1.96. The maximum Gasteiger partial charge on any atom is 0.229 e. The number of hydrogen-bond donors (Lipinski definition) is 1.